The number of amides is 1. The van der Waals surface area contributed by atoms with E-state index in [1.807, 2.05) is 30.6 Å². The molecular weight excluding hydrogens is 376 g/mol. The highest BCUT2D eigenvalue weighted by Gasteiger charge is 2.61. The average molecular weight is 405 g/mol. The topological polar surface area (TPSA) is 84.2 Å². The van der Waals surface area contributed by atoms with Crippen molar-refractivity contribution in [2.75, 3.05) is 5.32 Å². The fraction of sp³-hybridized carbons (Fsp3) is 0.478. The van der Waals surface area contributed by atoms with Crippen molar-refractivity contribution in [2.24, 2.45) is 17.3 Å². The van der Waals surface area contributed by atoms with Gasteiger partial charge in [-0.05, 0) is 61.1 Å². The number of rotatable bonds is 5. The van der Waals surface area contributed by atoms with E-state index in [1.165, 1.54) is 19.3 Å². The van der Waals surface area contributed by atoms with Gasteiger partial charge in [-0.25, -0.2) is 9.50 Å². The van der Waals surface area contributed by atoms with E-state index in [0.29, 0.717) is 35.4 Å². The van der Waals surface area contributed by atoms with E-state index >= 15 is 0 Å². The molecule has 0 spiro atoms. The highest BCUT2D eigenvalue weighted by atomic mass is 16.1. The van der Waals surface area contributed by atoms with Gasteiger partial charge in [-0.3, -0.25) is 9.78 Å². The fourth-order valence-corrected chi connectivity index (χ4v) is 5.60. The number of anilines is 1. The summed E-state index contributed by atoms with van der Waals surface area (Å²) in [5, 5.41) is 11.0. The number of nitrogens with zero attached hydrogens (tertiary/aromatic N) is 4. The molecule has 2 fully saturated rings. The van der Waals surface area contributed by atoms with Crippen molar-refractivity contribution in [1.82, 2.24) is 24.9 Å². The molecule has 156 valence electrons. The quantitative estimate of drug-likeness (QED) is 0.678. The molecule has 7 heteroatoms. The number of hydrogen-bond acceptors (Lipinski definition) is 5. The van der Waals surface area contributed by atoms with Crippen LogP contribution in [-0.2, 0) is 6.54 Å². The number of pyridine rings is 1. The number of carbonyl (C=O) groups excluding carboxylic acids is 1. The van der Waals surface area contributed by atoms with E-state index in [-0.39, 0.29) is 16.9 Å². The van der Waals surface area contributed by atoms with Gasteiger partial charge in [-0.15, -0.1) is 0 Å². The van der Waals surface area contributed by atoms with Crippen LogP contribution < -0.4 is 10.6 Å². The Kier molecular flexibility index (Phi) is 4.31. The zero-order valence-electron chi connectivity index (χ0n) is 17.7. The third-order valence-corrected chi connectivity index (χ3v) is 7.83. The molecule has 3 aromatic heterocycles. The highest BCUT2D eigenvalue weighted by Crippen LogP contribution is 2.62. The van der Waals surface area contributed by atoms with E-state index in [1.54, 1.807) is 16.9 Å². The number of carbonyl (C=O) groups is 1. The Balaban J connectivity index is 1.38. The van der Waals surface area contributed by atoms with Gasteiger partial charge in [0.05, 0.1) is 6.20 Å². The van der Waals surface area contributed by atoms with Gasteiger partial charge in [0.2, 0.25) is 0 Å². The van der Waals surface area contributed by atoms with Crippen molar-refractivity contribution in [3.63, 3.8) is 0 Å². The lowest BCUT2D eigenvalue weighted by Crippen LogP contribution is -2.58. The van der Waals surface area contributed by atoms with Crippen molar-refractivity contribution in [3.8, 4) is 0 Å². The lowest BCUT2D eigenvalue weighted by Gasteiger charge is -2.46. The first kappa shape index (κ1) is 19.0. The maximum Gasteiger partial charge on any atom is 0.257 e. The molecule has 4 atom stereocenters. The second-order valence-electron chi connectivity index (χ2n) is 9.36. The van der Waals surface area contributed by atoms with Crippen LogP contribution in [0.15, 0.2) is 43.0 Å². The van der Waals surface area contributed by atoms with Crippen LogP contribution in [0, 0.1) is 17.3 Å². The zero-order chi connectivity index (χ0) is 20.9. The molecule has 0 aliphatic heterocycles. The van der Waals surface area contributed by atoms with Crippen molar-refractivity contribution < 1.29 is 4.79 Å². The van der Waals surface area contributed by atoms with E-state index in [2.05, 4.69) is 46.5 Å². The molecule has 2 saturated carbocycles. The molecule has 30 heavy (non-hydrogen) atoms. The first-order valence-electron chi connectivity index (χ1n) is 10.7. The Bertz CT molecular complexity index is 1100. The average Bonchev–Trinajstić information content (AvgIpc) is 3.40. The van der Waals surface area contributed by atoms with Crippen molar-refractivity contribution >= 4 is 17.4 Å². The number of nitrogens with one attached hydrogen (secondary N) is 2. The van der Waals surface area contributed by atoms with Gasteiger partial charge in [-0.1, -0.05) is 19.9 Å². The summed E-state index contributed by atoms with van der Waals surface area (Å²) in [7, 11) is 0. The fourth-order valence-electron chi connectivity index (χ4n) is 5.60. The number of aromatic nitrogens is 4. The minimum absolute atomic E-state index is 0.0926. The van der Waals surface area contributed by atoms with Gasteiger partial charge in [0.1, 0.15) is 11.4 Å². The molecule has 0 saturated heterocycles. The molecule has 2 aliphatic carbocycles. The molecule has 2 aliphatic rings. The number of hydrogen-bond donors (Lipinski definition) is 2. The van der Waals surface area contributed by atoms with Crippen LogP contribution in [0.1, 0.15) is 56.0 Å². The van der Waals surface area contributed by atoms with Crippen molar-refractivity contribution in [2.45, 2.75) is 52.1 Å². The maximum atomic E-state index is 13.3. The molecular formula is C23H28N6O. The first-order chi connectivity index (χ1) is 14.4. The summed E-state index contributed by atoms with van der Waals surface area (Å²) >= 11 is 0. The predicted octanol–water partition coefficient (Wildman–Crippen LogP) is 3.68. The molecule has 4 unspecified atom stereocenters. The van der Waals surface area contributed by atoms with Crippen LogP contribution in [-0.4, -0.2) is 31.0 Å². The SMILES string of the molecule is CC1C2CCC(C)(C2)C1(C)NC(=O)c1cnn2ccc(NCc3cccnc3)nc12. The molecule has 0 aromatic carbocycles. The van der Waals surface area contributed by atoms with Gasteiger partial charge in [0.15, 0.2) is 5.65 Å². The zero-order valence-corrected chi connectivity index (χ0v) is 17.7. The number of fused-ring (bicyclic) bond motifs is 3. The second kappa shape index (κ2) is 6.79. The van der Waals surface area contributed by atoms with E-state index < -0.39 is 0 Å². The van der Waals surface area contributed by atoms with Crippen LogP contribution >= 0.6 is 0 Å². The Hall–Kier alpha value is -2.96. The smallest absolute Gasteiger partial charge is 0.257 e. The van der Waals surface area contributed by atoms with Gasteiger partial charge in [-0.2, -0.15) is 5.10 Å². The summed E-state index contributed by atoms with van der Waals surface area (Å²) in [4.78, 5) is 22.1. The first-order valence-corrected chi connectivity index (χ1v) is 10.7. The van der Waals surface area contributed by atoms with Crippen LogP contribution in [0.4, 0.5) is 5.82 Å². The normalized spacial score (nSPS) is 30.0. The molecule has 3 aromatic rings. The second-order valence-corrected chi connectivity index (χ2v) is 9.36. The molecule has 0 radical (unpaired) electrons. The molecule has 2 N–H and O–H groups in total. The summed E-state index contributed by atoms with van der Waals surface area (Å²) in [5.41, 5.74) is 2.09. The molecule has 7 nitrogen and oxygen atoms in total. The summed E-state index contributed by atoms with van der Waals surface area (Å²) in [6.07, 6.45) is 10.7. The highest BCUT2D eigenvalue weighted by molar-refractivity contribution is 6.00. The molecule has 5 rings (SSSR count). The summed E-state index contributed by atoms with van der Waals surface area (Å²) < 4.78 is 1.65. The lowest BCUT2D eigenvalue weighted by atomic mass is 9.66. The van der Waals surface area contributed by atoms with E-state index in [9.17, 15) is 4.79 Å². The van der Waals surface area contributed by atoms with Gasteiger partial charge >= 0.3 is 0 Å². The minimum atomic E-state index is -0.211. The summed E-state index contributed by atoms with van der Waals surface area (Å²) in [5.74, 6) is 1.77. The van der Waals surface area contributed by atoms with Crippen LogP contribution in [0.5, 0.6) is 0 Å². The lowest BCUT2D eigenvalue weighted by molar-refractivity contribution is 0.0631. The van der Waals surface area contributed by atoms with Crippen LogP contribution in [0.3, 0.4) is 0 Å². The third kappa shape index (κ3) is 2.87. The summed E-state index contributed by atoms with van der Waals surface area (Å²) in [6.45, 7) is 7.44. The Morgan fingerprint density at radius 2 is 2.17 bits per heavy atom. The standard InChI is InChI=1S/C23H28N6O/c1-15-17-6-8-22(2,11-17)23(15,3)28-21(30)18-14-26-29-10-7-19(27-20(18)29)25-13-16-5-4-9-24-12-16/h4-5,7,9-10,12,14-15,17H,6,8,11,13H2,1-3H3,(H,25,27)(H,28,30). The van der Waals surface area contributed by atoms with Crippen LogP contribution in [0.2, 0.25) is 0 Å². The van der Waals surface area contributed by atoms with Crippen molar-refractivity contribution in [3.05, 3.63) is 54.1 Å². The maximum absolute atomic E-state index is 13.3. The van der Waals surface area contributed by atoms with Gasteiger partial charge < -0.3 is 10.6 Å². The van der Waals surface area contributed by atoms with E-state index in [4.69, 9.17) is 0 Å². The predicted molar refractivity (Wildman–Crippen MR) is 115 cm³/mol. The van der Waals surface area contributed by atoms with Crippen LogP contribution in [0.25, 0.3) is 5.65 Å². The monoisotopic (exact) mass is 404 g/mol. The largest absolute Gasteiger partial charge is 0.366 e. The Morgan fingerprint density at radius 1 is 1.30 bits per heavy atom. The van der Waals surface area contributed by atoms with Gasteiger partial charge in [0, 0.05) is 30.7 Å². The molecule has 1 amide bonds. The third-order valence-electron chi connectivity index (χ3n) is 7.83. The Morgan fingerprint density at radius 3 is 2.90 bits per heavy atom. The molecule has 3 heterocycles. The molecule has 2 bridgehead atoms. The van der Waals surface area contributed by atoms with Crippen molar-refractivity contribution in [1.29, 1.82) is 0 Å². The van der Waals surface area contributed by atoms with E-state index in [0.717, 1.165) is 5.56 Å². The van der Waals surface area contributed by atoms with Gasteiger partial charge in [0.25, 0.3) is 5.91 Å². The Labute approximate surface area is 176 Å². The summed E-state index contributed by atoms with van der Waals surface area (Å²) in [6, 6.07) is 5.78. The minimum Gasteiger partial charge on any atom is -0.366 e.